The molecule has 0 radical (unpaired) electrons. The lowest BCUT2D eigenvalue weighted by molar-refractivity contribution is -0.137. The molecule has 2 heterocycles. The van der Waals surface area contributed by atoms with E-state index in [0.29, 0.717) is 34.9 Å². The maximum atomic E-state index is 14.1. The number of halogens is 4. The molecule has 1 amide bonds. The van der Waals surface area contributed by atoms with E-state index in [0.717, 1.165) is 12.1 Å². The third-order valence-corrected chi connectivity index (χ3v) is 6.04. The number of carbonyl (C=O) groups is 1. The minimum atomic E-state index is -4.58. The van der Waals surface area contributed by atoms with Gasteiger partial charge in [-0.05, 0) is 60.4 Å². The molecule has 0 fully saturated rings. The summed E-state index contributed by atoms with van der Waals surface area (Å²) in [6, 6.07) is 10.6. The first-order valence-electron chi connectivity index (χ1n) is 11.2. The molecule has 2 aromatic carbocycles. The molecule has 0 saturated heterocycles. The number of aromatic nitrogens is 1. The van der Waals surface area contributed by atoms with Gasteiger partial charge < -0.3 is 9.64 Å². The summed E-state index contributed by atoms with van der Waals surface area (Å²) in [6.07, 6.45) is -4.08. The molecule has 1 aromatic heterocycles. The highest BCUT2D eigenvalue weighted by atomic mass is 19.4. The molecular weight excluding hydrogens is 462 g/mol. The van der Waals surface area contributed by atoms with Crippen LogP contribution in [0.3, 0.4) is 0 Å². The Morgan fingerprint density at radius 3 is 2.34 bits per heavy atom. The summed E-state index contributed by atoms with van der Waals surface area (Å²) in [4.78, 5) is 21.1. The van der Waals surface area contributed by atoms with Crippen LogP contribution in [-0.2, 0) is 12.6 Å². The summed E-state index contributed by atoms with van der Waals surface area (Å²) in [5.74, 6) is -0.614. The van der Waals surface area contributed by atoms with Crippen LogP contribution in [0.1, 0.15) is 53.9 Å². The summed E-state index contributed by atoms with van der Waals surface area (Å²) in [6.45, 7) is 5.57. The van der Waals surface area contributed by atoms with E-state index in [9.17, 15) is 22.4 Å². The highest BCUT2D eigenvalue weighted by Gasteiger charge is 2.37. The lowest BCUT2D eigenvalue weighted by Crippen LogP contribution is -2.46. The molecule has 0 spiro atoms. The fraction of sp³-hybridized carbons (Fsp3) is 0.308. The zero-order valence-electron chi connectivity index (χ0n) is 19.8. The van der Waals surface area contributed by atoms with Gasteiger partial charge in [-0.15, -0.1) is 0 Å². The molecule has 184 valence electrons. The van der Waals surface area contributed by atoms with Crippen LogP contribution in [-0.4, -0.2) is 24.7 Å². The van der Waals surface area contributed by atoms with E-state index >= 15 is 0 Å². The number of carbonyl (C=O) groups excluding carboxylic acids is 1. The smallest absolute Gasteiger partial charge is 0.416 e. The number of rotatable bonds is 5. The number of methoxy groups -OCH3 is 1. The van der Waals surface area contributed by atoms with Gasteiger partial charge in [-0.25, -0.2) is 9.37 Å². The first-order chi connectivity index (χ1) is 16.5. The maximum absolute atomic E-state index is 14.1. The van der Waals surface area contributed by atoms with Gasteiger partial charge in [0.1, 0.15) is 12.5 Å². The summed E-state index contributed by atoms with van der Waals surface area (Å²) < 4.78 is 60.0. The van der Waals surface area contributed by atoms with E-state index in [2.05, 4.69) is 4.98 Å². The number of hydrogen-bond acceptors (Lipinski definition) is 4. The topological polar surface area (TPSA) is 45.7 Å². The minimum absolute atomic E-state index is 0.0699. The highest BCUT2D eigenvalue weighted by Crippen LogP contribution is 2.42. The fourth-order valence-electron chi connectivity index (χ4n) is 4.26. The van der Waals surface area contributed by atoms with Gasteiger partial charge in [0.05, 0.1) is 35.3 Å². The van der Waals surface area contributed by atoms with Gasteiger partial charge in [0.25, 0.3) is 5.91 Å². The van der Waals surface area contributed by atoms with Gasteiger partial charge in [-0.1, -0.05) is 20.8 Å². The van der Waals surface area contributed by atoms with Crippen LogP contribution in [0.5, 0.6) is 5.88 Å². The normalized spacial score (nSPS) is 13.9. The van der Waals surface area contributed by atoms with Gasteiger partial charge >= 0.3 is 6.18 Å². The molecule has 0 aliphatic carbocycles. The van der Waals surface area contributed by atoms with Crippen molar-refractivity contribution in [3.05, 3.63) is 76.7 Å². The molecular formula is C26H25F4N3O2. The molecule has 4 rings (SSSR count). The van der Waals surface area contributed by atoms with Crippen molar-refractivity contribution >= 4 is 23.0 Å². The molecule has 5 nitrogen and oxygen atoms in total. The van der Waals surface area contributed by atoms with Crippen molar-refractivity contribution in [3.8, 4) is 5.88 Å². The lowest BCUT2D eigenvalue weighted by Gasteiger charge is -2.40. The summed E-state index contributed by atoms with van der Waals surface area (Å²) in [7, 11) is 1.49. The van der Waals surface area contributed by atoms with Crippen LogP contribution < -0.4 is 14.5 Å². The Morgan fingerprint density at radius 1 is 1.00 bits per heavy atom. The van der Waals surface area contributed by atoms with Crippen molar-refractivity contribution in [2.45, 2.75) is 39.3 Å². The van der Waals surface area contributed by atoms with Crippen molar-refractivity contribution in [1.29, 1.82) is 0 Å². The molecule has 1 aliphatic heterocycles. The summed E-state index contributed by atoms with van der Waals surface area (Å²) >= 11 is 0. The Kier molecular flexibility index (Phi) is 6.44. The highest BCUT2D eigenvalue weighted by molar-refractivity contribution is 6.13. The van der Waals surface area contributed by atoms with Crippen LogP contribution in [0.25, 0.3) is 0 Å². The van der Waals surface area contributed by atoms with Gasteiger partial charge in [-0.2, -0.15) is 13.2 Å². The van der Waals surface area contributed by atoms with E-state index in [1.807, 2.05) is 20.8 Å². The molecule has 35 heavy (non-hydrogen) atoms. The van der Waals surface area contributed by atoms with Gasteiger partial charge in [0.2, 0.25) is 5.88 Å². The average Bonchev–Trinajstić information content (AvgIpc) is 2.83. The Bertz CT molecular complexity index is 1270. The number of anilines is 3. The Labute approximate surface area is 201 Å². The Balaban J connectivity index is 1.94. The Hall–Kier alpha value is -3.62. The zero-order chi connectivity index (χ0) is 25.5. The number of nitrogens with zero attached hydrogens (tertiary/aromatic N) is 3. The molecule has 3 aromatic rings. The first kappa shape index (κ1) is 24.5. The largest absolute Gasteiger partial charge is 0.481 e. The van der Waals surface area contributed by atoms with Crippen LogP contribution in [0.2, 0.25) is 0 Å². The van der Waals surface area contributed by atoms with Crippen molar-refractivity contribution in [2.24, 2.45) is 0 Å². The molecule has 0 unspecified atom stereocenters. The minimum Gasteiger partial charge on any atom is -0.481 e. The number of aryl methyl sites for hydroxylation is 1. The second-order valence-electron chi connectivity index (χ2n) is 8.56. The number of hydrogen-bond donors (Lipinski definition) is 0. The number of alkyl halides is 3. The van der Waals surface area contributed by atoms with Gasteiger partial charge in [0.15, 0.2) is 0 Å². The monoisotopic (exact) mass is 487 g/mol. The molecule has 0 N–H and O–H groups in total. The third-order valence-electron chi connectivity index (χ3n) is 6.04. The van der Waals surface area contributed by atoms with E-state index in [-0.39, 0.29) is 23.8 Å². The van der Waals surface area contributed by atoms with Gasteiger partial charge in [0, 0.05) is 11.8 Å². The van der Waals surface area contributed by atoms with Crippen molar-refractivity contribution < 1.29 is 27.1 Å². The number of pyridine rings is 1. The van der Waals surface area contributed by atoms with Crippen molar-refractivity contribution in [3.63, 3.8) is 0 Å². The molecule has 1 aliphatic rings. The maximum Gasteiger partial charge on any atom is 0.416 e. The fourth-order valence-corrected chi connectivity index (χ4v) is 4.26. The standard InChI is InChI=1S/C26H25F4N3O2/c1-5-20-22(10-11-24(31-20)35-4)33-14-32(21-9-7-17(27)13-19(21)15(2)3)23-12-16(26(28,29)30)6-8-18(23)25(33)34/h6-13,15H,5,14H2,1-4H3. The molecule has 0 saturated carbocycles. The van der Waals surface area contributed by atoms with Crippen molar-refractivity contribution in [2.75, 3.05) is 23.6 Å². The van der Waals surface area contributed by atoms with Crippen LogP contribution in [0, 0.1) is 5.82 Å². The second kappa shape index (κ2) is 9.20. The van der Waals surface area contributed by atoms with E-state index < -0.39 is 23.5 Å². The number of ether oxygens (including phenoxy) is 1. The van der Waals surface area contributed by atoms with E-state index in [1.54, 1.807) is 17.0 Å². The van der Waals surface area contributed by atoms with E-state index in [1.165, 1.54) is 36.3 Å². The van der Waals surface area contributed by atoms with Crippen LogP contribution in [0.15, 0.2) is 48.5 Å². The second-order valence-corrected chi connectivity index (χ2v) is 8.56. The van der Waals surface area contributed by atoms with Crippen LogP contribution in [0.4, 0.5) is 34.6 Å². The predicted octanol–water partition coefficient (Wildman–Crippen LogP) is 6.69. The first-order valence-corrected chi connectivity index (χ1v) is 11.2. The van der Waals surface area contributed by atoms with Crippen LogP contribution >= 0.6 is 0 Å². The molecule has 9 heteroatoms. The number of benzene rings is 2. The quantitative estimate of drug-likeness (QED) is 0.376. The molecule has 0 bridgehead atoms. The molecule has 0 atom stereocenters. The lowest BCUT2D eigenvalue weighted by atomic mass is 9.97. The Morgan fingerprint density at radius 2 is 1.71 bits per heavy atom. The number of fused-ring (bicyclic) bond motifs is 1. The zero-order valence-corrected chi connectivity index (χ0v) is 19.8. The average molecular weight is 487 g/mol. The SMILES string of the molecule is CCc1nc(OC)ccc1N1CN(c2ccc(F)cc2C(C)C)c2cc(C(F)(F)F)ccc2C1=O. The van der Waals surface area contributed by atoms with E-state index in [4.69, 9.17) is 4.74 Å². The summed E-state index contributed by atoms with van der Waals surface area (Å²) in [5, 5.41) is 0. The third kappa shape index (κ3) is 4.54. The van der Waals surface area contributed by atoms with Gasteiger partial charge in [-0.3, -0.25) is 9.69 Å². The predicted molar refractivity (Wildman–Crippen MR) is 126 cm³/mol. The summed E-state index contributed by atoms with van der Waals surface area (Å²) in [5.41, 5.74) is 1.65. The number of amides is 1. The van der Waals surface area contributed by atoms with Crippen molar-refractivity contribution in [1.82, 2.24) is 4.98 Å².